The Kier molecular flexibility index (Phi) is 1.48. The van der Waals surface area contributed by atoms with E-state index in [1.165, 1.54) is 0 Å². The van der Waals surface area contributed by atoms with Crippen LogP contribution >= 0.6 is 10.0 Å². The lowest BCUT2D eigenvalue weighted by Crippen LogP contribution is -2.02. The maximum absolute atomic E-state index is 1.65. The van der Waals surface area contributed by atoms with Gasteiger partial charge in [-0.2, -0.15) is 0 Å². The molecule has 0 unspecified atom stereocenters. The molecule has 0 nitrogen and oxygen atoms in total. The van der Waals surface area contributed by atoms with E-state index < -0.39 is 0 Å². The third kappa shape index (κ3) is 1.000. The van der Waals surface area contributed by atoms with Crippen LogP contribution in [0.3, 0.4) is 0 Å². The molecule has 0 N–H and O–H groups in total. The minimum atomic E-state index is 0.0741. The first-order chi connectivity index (χ1) is 4.41. The molecule has 1 spiro atoms. The Labute approximate surface area is 59.3 Å². The van der Waals surface area contributed by atoms with Crippen molar-refractivity contribution in [2.45, 2.75) is 25.7 Å². The molecule has 0 radical (unpaired) electrons. The maximum atomic E-state index is 1.65. The van der Waals surface area contributed by atoms with Crippen LogP contribution in [0.4, 0.5) is 0 Å². The average Bonchev–Trinajstić information content (AvgIpc) is 2.45. The van der Waals surface area contributed by atoms with E-state index in [2.05, 4.69) is 0 Å². The summed E-state index contributed by atoms with van der Waals surface area (Å²) in [6.45, 7) is 0. The quantitative estimate of drug-likeness (QED) is 0.489. The van der Waals surface area contributed by atoms with Crippen LogP contribution in [0, 0.1) is 0 Å². The molecule has 0 aromatic rings. The molecular weight excluding hydrogens is 128 g/mol. The van der Waals surface area contributed by atoms with E-state index >= 15 is 0 Å². The number of hydrogen-bond donors (Lipinski definition) is 0. The first-order valence-corrected chi connectivity index (χ1v) is 6.46. The van der Waals surface area contributed by atoms with E-state index in [9.17, 15) is 0 Å². The zero-order valence-corrected chi connectivity index (χ0v) is 6.88. The fraction of sp³-hybridized carbons (Fsp3) is 1.00. The first kappa shape index (κ1) is 6.09. The molecule has 2 rings (SSSR count). The summed E-state index contributed by atoms with van der Waals surface area (Å²) >= 11 is 0. The molecule has 54 valence electrons. The molecule has 0 atom stereocenters. The van der Waals surface area contributed by atoms with E-state index in [0.717, 1.165) is 0 Å². The molecule has 0 saturated carbocycles. The summed E-state index contributed by atoms with van der Waals surface area (Å²) in [5, 5.41) is 0. The Morgan fingerprint density at radius 2 is 0.889 bits per heavy atom. The molecule has 0 aromatic heterocycles. The number of rotatable bonds is 0. The zero-order valence-electron chi connectivity index (χ0n) is 6.07. The lowest BCUT2D eigenvalue weighted by molar-refractivity contribution is 0.949. The Morgan fingerprint density at radius 3 is 1.22 bits per heavy atom. The van der Waals surface area contributed by atoms with Crippen LogP contribution in [0.5, 0.6) is 0 Å². The zero-order chi connectivity index (χ0) is 6.16. The highest BCUT2D eigenvalue weighted by molar-refractivity contribution is 8.34. The molecule has 2 saturated heterocycles. The van der Waals surface area contributed by atoms with Crippen molar-refractivity contribution in [3.63, 3.8) is 0 Å². The van der Waals surface area contributed by atoms with Crippen molar-refractivity contribution >= 4 is 10.0 Å². The fourth-order valence-corrected chi connectivity index (χ4v) is 6.74. The predicted octanol–water partition coefficient (Wildman–Crippen LogP) is 2.38. The second-order valence-corrected chi connectivity index (χ2v) is 7.54. The molecule has 2 fully saturated rings. The summed E-state index contributed by atoms with van der Waals surface area (Å²) in [6, 6.07) is 0. The molecule has 0 aromatic carbocycles. The van der Waals surface area contributed by atoms with Crippen LogP contribution in [0.1, 0.15) is 25.7 Å². The highest BCUT2D eigenvalue weighted by atomic mass is 32.3. The van der Waals surface area contributed by atoms with Gasteiger partial charge in [0.1, 0.15) is 0 Å². The standard InChI is InChI=1S/C8H16S/c1-2-6-9(5-1)7-3-4-8-9/h1-8H2. The van der Waals surface area contributed by atoms with Gasteiger partial charge in [-0.05, 0) is 48.7 Å². The van der Waals surface area contributed by atoms with Crippen molar-refractivity contribution in [3.05, 3.63) is 0 Å². The van der Waals surface area contributed by atoms with Gasteiger partial charge in [0, 0.05) is 0 Å². The van der Waals surface area contributed by atoms with Gasteiger partial charge in [-0.3, -0.25) is 0 Å². The van der Waals surface area contributed by atoms with E-state index in [1.54, 1.807) is 48.7 Å². The SMILES string of the molecule is C1CCS2(C1)CCCC2. The summed E-state index contributed by atoms with van der Waals surface area (Å²) in [6.07, 6.45) is 6.26. The molecule has 9 heavy (non-hydrogen) atoms. The van der Waals surface area contributed by atoms with Crippen LogP contribution in [0.2, 0.25) is 0 Å². The topological polar surface area (TPSA) is 0 Å². The Bertz CT molecular complexity index is 79.6. The minimum absolute atomic E-state index is 0.0741. The monoisotopic (exact) mass is 144 g/mol. The maximum Gasteiger partial charge on any atom is -0.0227 e. The van der Waals surface area contributed by atoms with Crippen LogP contribution in [0.15, 0.2) is 0 Å². The third-order valence-corrected chi connectivity index (χ3v) is 7.43. The molecule has 0 aliphatic carbocycles. The minimum Gasteiger partial charge on any atom is -0.241 e. The summed E-state index contributed by atoms with van der Waals surface area (Å²) in [4.78, 5) is 0. The summed E-state index contributed by atoms with van der Waals surface area (Å²) < 4.78 is 0. The molecule has 0 amide bonds. The van der Waals surface area contributed by atoms with Crippen LogP contribution < -0.4 is 0 Å². The van der Waals surface area contributed by atoms with Crippen molar-refractivity contribution in [1.82, 2.24) is 0 Å². The van der Waals surface area contributed by atoms with E-state index in [4.69, 9.17) is 0 Å². The van der Waals surface area contributed by atoms with Crippen molar-refractivity contribution in [3.8, 4) is 0 Å². The Morgan fingerprint density at radius 1 is 0.556 bits per heavy atom. The van der Waals surface area contributed by atoms with E-state index in [1.807, 2.05) is 0 Å². The predicted molar refractivity (Wildman–Crippen MR) is 45.5 cm³/mol. The second-order valence-electron chi connectivity index (χ2n) is 3.46. The summed E-state index contributed by atoms with van der Waals surface area (Å²) in [5.74, 6) is 6.58. The van der Waals surface area contributed by atoms with Gasteiger partial charge in [0.05, 0.1) is 0 Å². The normalized spacial score (nSPS) is 35.6. The van der Waals surface area contributed by atoms with Gasteiger partial charge in [-0.1, -0.05) is 0 Å². The number of hydrogen-bond acceptors (Lipinski definition) is 0. The highest BCUT2D eigenvalue weighted by Gasteiger charge is 2.30. The fourth-order valence-electron chi connectivity index (χ4n) is 2.25. The molecule has 2 heterocycles. The summed E-state index contributed by atoms with van der Waals surface area (Å²) in [7, 11) is 0.0741. The highest BCUT2D eigenvalue weighted by Crippen LogP contribution is 2.58. The van der Waals surface area contributed by atoms with Gasteiger partial charge in [0.2, 0.25) is 0 Å². The van der Waals surface area contributed by atoms with Crippen molar-refractivity contribution in [2.75, 3.05) is 23.0 Å². The van der Waals surface area contributed by atoms with E-state index in [0.29, 0.717) is 0 Å². The van der Waals surface area contributed by atoms with Crippen molar-refractivity contribution in [2.24, 2.45) is 0 Å². The Hall–Kier alpha value is 0.350. The van der Waals surface area contributed by atoms with Crippen LogP contribution in [-0.4, -0.2) is 23.0 Å². The van der Waals surface area contributed by atoms with Gasteiger partial charge < -0.3 is 0 Å². The van der Waals surface area contributed by atoms with Gasteiger partial charge in [-0.25, -0.2) is 10.0 Å². The summed E-state index contributed by atoms with van der Waals surface area (Å²) in [5.41, 5.74) is 0. The smallest absolute Gasteiger partial charge is 0.0227 e. The molecular formula is C8H16S. The second kappa shape index (κ2) is 2.19. The van der Waals surface area contributed by atoms with Gasteiger partial charge in [0.25, 0.3) is 0 Å². The van der Waals surface area contributed by atoms with E-state index in [-0.39, 0.29) is 10.0 Å². The Balaban J connectivity index is 2.04. The van der Waals surface area contributed by atoms with Gasteiger partial charge in [0.15, 0.2) is 0 Å². The van der Waals surface area contributed by atoms with Crippen LogP contribution in [-0.2, 0) is 0 Å². The first-order valence-electron chi connectivity index (χ1n) is 4.15. The van der Waals surface area contributed by atoms with Crippen LogP contribution in [0.25, 0.3) is 0 Å². The molecule has 2 aliphatic rings. The average molecular weight is 144 g/mol. The van der Waals surface area contributed by atoms with Gasteiger partial charge >= 0.3 is 0 Å². The molecule has 2 aliphatic heterocycles. The molecule has 0 bridgehead atoms. The van der Waals surface area contributed by atoms with Crippen molar-refractivity contribution in [1.29, 1.82) is 0 Å². The lowest BCUT2D eigenvalue weighted by atomic mass is 10.4. The lowest BCUT2D eigenvalue weighted by Gasteiger charge is -2.29. The van der Waals surface area contributed by atoms with Crippen molar-refractivity contribution < 1.29 is 0 Å². The molecule has 1 heteroatoms. The largest absolute Gasteiger partial charge is 0.241 e. The van der Waals surface area contributed by atoms with Gasteiger partial charge in [-0.15, -0.1) is 0 Å². The third-order valence-electron chi connectivity index (χ3n) is 2.81.